The maximum Gasteiger partial charge on any atom is 0.0721 e. The van der Waals surface area contributed by atoms with E-state index in [1.54, 1.807) is 6.08 Å². The van der Waals surface area contributed by atoms with Crippen molar-refractivity contribution in [2.45, 2.75) is 6.61 Å². The maximum absolute atomic E-state index is 5.28. The molecule has 0 unspecified atom stereocenters. The number of ether oxygens (including phenoxy) is 1. The van der Waals surface area contributed by atoms with Gasteiger partial charge in [0.1, 0.15) is 0 Å². The first-order valence-electron chi connectivity index (χ1n) is 3.76. The van der Waals surface area contributed by atoms with E-state index < -0.39 is 0 Å². The summed E-state index contributed by atoms with van der Waals surface area (Å²) in [6.07, 6.45) is 1.75. The first-order chi connectivity index (χ1) is 5.83. The Bertz CT molecular complexity index is 258. The molecule has 1 rings (SSSR count). The molecule has 0 heterocycles. The average Bonchev–Trinajstić information content (AvgIpc) is 2.05. The summed E-state index contributed by atoms with van der Waals surface area (Å²) in [7, 11) is 0. The van der Waals surface area contributed by atoms with E-state index in [0.29, 0.717) is 13.2 Å². The summed E-state index contributed by atoms with van der Waals surface area (Å²) in [5, 5.41) is 0. The molecule has 0 spiro atoms. The Kier molecular flexibility index (Phi) is 4.05. The van der Waals surface area contributed by atoms with Gasteiger partial charge in [-0.1, -0.05) is 34.1 Å². The fraction of sp³-hybridized carbons (Fsp3) is 0.200. The molecule has 0 N–H and O–H groups in total. The third kappa shape index (κ3) is 3.20. The van der Waals surface area contributed by atoms with Gasteiger partial charge in [-0.3, -0.25) is 0 Å². The molecule has 1 nitrogen and oxygen atoms in total. The first kappa shape index (κ1) is 9.49. The van der Waals surface area contributed by atoms with Crippen LogP contribution in [0.1, 0.15) is 5.56 Å². The minimum Gasteiger partial charge on any atom is -0.373 e. The second kappa shape index (κ2) is 5.12. The van der Waals surface area contributed by atoms with E-state index in [9.17, 15) is 0 Å². The van der Waals surface area contributed by atoms with Crippen molar-refractivity contribution in [1.82, 2.24) is 0 Å². The third-order valence-corrected chi connectivity index (χ3v) is 1.89. The summed E-state index contributed by atoms with van der Waals surface area (Å²) in [5.74, 6) is 0. The molecule has 1 aromatic carbocycles. The number of benzene rings is 1. The molecular formula is C10H11BrO. The highest BCUT2D eigenvalue weighted by atomic mass is 79.9. The molecule has 0 radical (unpaired) electrons. The third-order valence-electron chi connectivity index (χ3n) is 1.39. The summed E-state index contributed by atoms with van der Waals surface area (Å²) in [4.78, 5) is 0. The van der Waals surface area contributed by atoms with Crippen LogP contribution >= 0.6 is 15.9 Å². The number of hydrogen-bond donors (Lipinski definition) is 0. The summed E-state index contributed by atoms with van der Waals surface area (Å²) in [5.41, 5.74) is 1.17. The molecule has 1 aromatic rings. The largest absolute Gasteiger partial charge is 0.373 e. The lowest BCUT2D eigenvalue weighted by Crippen LogP contribution is -1.91. The highest BCUT2D eigenvalue weighted by Gasteiger charge is 1.92. The zero-order chi connectivity index (χ0) is 8.81. The van der Waals surface area contributed by atoms with E-state index in [1.165, 1.54) is 5.56 Å². The average molecular weight is 227 g/mol. The quantitative estimate of drug-likeness (QED) is 0.567. The Morgan fingerprint density at radius 1 is 1.50 bits per heavy atom. The van der Waals surface area contributed by atoms with E-state index in [4.69, 9.17) is 4.74 Å². The van der Waals surface area contributed by atoms with Gasteiger partial charge in [-0.2, -0.15) is 0 Å². The van der Waals surface area contributed by atoms with Crippen LogP contribution in [0.5, 0.6) is 0 Å². The molecular weight excluding hydrogens is 216 g/mol. The van der Waals surface area contributed by atoms with Crippen molar-refractivity contribution in [3.8, 4) is 0 Å². The van der Waals surface area contributed by atoms with Gasteiger partial charge in [0, 0.05) is 4.47 Å². The minimum absolute atomic E-state index is 0.604. The highest BCUT2D eigenvalue weighted by molar-refractivity contribution is 9.10. The molecule has 2 heteroatoms. The van der Waals surface area contributed by atoms with Crippen molar-refractivity contribution >= 4 is 15.9 Å². The summed E-state index contributed by atoms with van der Waals surface area (Å²) >= 11 is 3.40. The predicted octanol–water partition coefficient (Wildman–Crippen LogP) is 3.15. The zero-order valence-electron chi connectivity index (χ0n) is 6.79. The van der Waals surface area contributed by atoms with Crippen LogP contribution in [0.15, 0.2) is 41.4 Å². The number of rotatable bonds is 4. The first-order valence-corrected chi connectivity index (χ1v) is 4.55. The molecule has 0 fully saturated rings. The van der Waals surface area contributed by atoms with Crippen molar-refractivity contribution in [3.63, 3.8) is 0 Å². The lowest BCUT2D eigenvalue weighted by atomic mass is 10.2. The van der Waals surface area contributed by atoms with Crippen molar-refractivity contribution in [3.05, 3.63) is 47.0 Å². The Labute approximate surface area is 81.2 Å². The standard InChI is InChI=1S/C10H11BrO/c1-2-6-12-8-9-4-3-5-10(11)7-9/h2-5,7H,1,6,8H2. The molecule has 0 amide bonds. The van der Waals surface area contributed by atoms with E-state index in [1.807, 2.05) is 24.3 Å². The van der Waals surface area contributed by atoms with Gasteiger partial charge in [0.25, 0.3) is 0 Å². The van der Waals surface area contributed by atoms with Crippen LogP contribution in [-0.4, -0.2) is 6.61 Å². The molecule has 0 aliphatic carbocycles. The monoisotopic (exact) mass is 226 g/mol. The second-order valence-electron chi connectivity index (χ2n) is 2.43. The Morgan fingerprint density at radius 3 is 3.00 bits per heavy atom. The van der Waals surface area contributed by atoms with Gasteiger partial charge in [-0.05, 0) is 17.7 Å². The molecule has 0 aromatic heterocycles. The van der Waals surface area contributed by atoms with Crippen LogP contribution in [0.25, 0.3) is 0 Å². The van der Waals surface area contributed by atoms with Crippen LogP contribution in [0, 0.1) is 0 Å². The second-order valence-corrected chi connectivity index (χ2v) is 3.35. The van der Waals surface area contributed by atoms with Gasteiger partial charge >= 0.3 is 0 Å². The molecule has 0 saturated heterocycles. The smallest absolute Gasteiger partial charge is 0.0721 e. The van der Waals surface area contributed by atoms with Gasteiger partial charge in [0.15, 0.2) is 0 Å². The van der Waals surface area contributed by atoms with Crippen molar-refractivity contribution in [2.24, 2.45) is 0 Å². The Morgan fingerprint density at radius 2 is 2.33 bits per heavy atom. The van der Waals surface area contributed by atoms with E-state index in [-0.39, 0.29) is 0 Å². The van der Waals surface area contributed by atoms with Gasteiger partial charge in [0.2, 0.25) is 0 Å². The molecule has 0 saturated carbocycles. The van der Waals surface area contributed by atoms with Crippen molar-refractivity contribution in [1.29, 1.82) is 0 Å². The number of hydrogen-bond acceptors (Lipinski definition) is 1. The lowest BCUT2D eigenvalue weighted by molar-refractivity contribution is 0.149. The summed E-state index contributed by atoms with van der Waals surface area (Å²) in [6, 6.07) is 8.07. The van der Waals surface area contributed by atoms with Gasteiger partial charge < -0.3 is 4.74 Å². The summed E-state index contributed by atoms with van der Waals surface area (Å²) in [6.45, 7) is 4.82. The van der Waals surface area contributed by atoms with Crippen LogP contribution in [0.4, 0.5) is 0 Å². The highest BCUT2D eigenvalue weighted by Crippen LogP contribution is 2.12. The summed E-state index contributed by atoms with van der Waals surface area (Å²) < 4.78 is 6.37. The molecule has 0 atom stereocenters. The van der Waals surface area contributed by atoms with E-state index in [2.05, 4.69) is 22.5 Å². The number of halogens is 1. The van der Waals surface area contributed by atoms with Crippen molar-refractivity contribution in [2.75, 3.05) is 6.61 Å². The van der Waals surface area contributed by atoms with Crippen LogP contribution in [0.2, 0.25) is 0 Å². The fourth-order valence-electron chi connectivity index (χ4n) is 0.887. The van der Waals surface area contributed by atoms with Crippen LogP contribution < -0.4 is 0 Å². The molecule has 12 heavy (non-hydrogen) atoms. The molecule has 0 bridgehead atoms. The van der Waals surface area contributed by atoms with E-state index in [0.717, 1.165) is 4.47 Å². The van der Waals surface area contributed by atoms with Crippen LogP contribution in [0.3, 0.4) is 0 Å². The topological polar surface area (TPSA) is 9.23 Å². The normalized spacial score (nSPS) is 9.75. The maximum atomic E-state index is 5.28. The van der Waals surface area contributed by atoms with Crippen molar-refractivity contribution < 1.29 is 4.74 Å². The molecule has 0 aliphatic heterocycles. The van der Waals surface area contributed by atoms with E-state index >= 15 is 0 Å². The van der Waals surface area contributed by atoms with Gasteiger partial charge in [-0.15, -0.1) is 6.58 Å². The Hall–Kier alpha value is -0.600. The minimum atomic E-state index is 0.604. The molecule has 64 valence electrons. The predicted molar refractivity (Wildman–Crippen MR) is 54.0 cm³/mol. The van der Waals surface area contributed by atoms with Crippen LogP contribution in [-0.2, 0) is 11.3 Å². The van der Waals surface area contributed by atoms with Gasteiger partial charge in [-0.25, -0.2) is 0 Å². The SMILES string of the molecule is C=CCOCc1cccc(Br)c1. The molecule has 0 aliphatic rings. The fourth-order valence-corrected chi connectivity index (χ4v) is 1.33. The zero-order valence-corrected chi connectivity index (χ0v) is 8.38. The lowest BCUT2D eigenvalue weighted by Gasteiger charge is -2.01. The Balaban J connectivity index is 2.46. The van der Waals surface area contributed by atoms with Gasteiger partial charge in [0.05, 0.1) is 13.2 Å².